The fourth-order valence-corrected chi connectivity index (χ4v) is 6.19. The predicted molar refractivity (Wildman–Crippen MR) is 206 cm³/mol. The van der Waals surface area contributed by atoms with Gasteiger partial charge < -0.3 is 14.2 Å². The van der Waals surface area contributed by atoms with E-state index in [4.69, 9.17) is 14.2 Å². The molecule has 0 saturated carbocycles. The highest BCUT2D eigenvalue weighted by Crippen LogP contribution is 2.16. The van der Waals surface area contributed by atoms with E-state index in [0.717, 1.165) is 69.6 Å². The van der Waals surface area contributed by atoms with Gasteiger partial charge in [0.25, 0.3) is 0 Å². The van der Waals surface area contributed by atoms with Crippen LogP contribution in [-0.2, 0) is 28.6 Å². The van der Waals surface area contributed by atoms with E-state index >= 15 is 0 Å². The molecule has 0 heterocycles. The Hall–Kier alpha value is -1.59. The van der Waals surface area contributed by atoms with Crippen molar-refractivity contribution in [3.05, 3.63) is 0 Å². The first-order valence-electron chi connectivity index (χ1n) is 21.3. The quantitative estimate of drug-likeness (QED) is 0.0366. The van der Waals surface area contributed by atoms with Crippen LogP contribution >= 0.6 is 0 Å². The standard InChI is InChI=1S/C43H82O6/c1-6-8-9-10-11-12-13-14-15-16-25-30-35-43(46)49-40(36-47-41(44)33-28-23-19-17-21-26-31-38(3)4)37-48-42(45)34-29-24-20-18-22-27-32-39(5)7-2/h38-40H,6-37H2,1-5H3/t39?,40-/m1/s1. The summed E-state index contributed by atoms with van der Waals surface area (Å²) in [7, 11) is 0. The Morgan fingerprint density at radius 2 is 0.776 bits per heavy atom. The number of carbonyl (C=O) groups is 3. The molecule has 290 valence electrons. The number of hydrogen-bond acceptors (Lipinski definition) is 6. The lowest BCUT2D eigenvalue weighted by atomic mass is 10.00. The van der Waals surface area contributed by atoms with E-state index in [9.17, 15) is 14.4 Å². The van der Waals surface area contributed by atoms with Crippen LogP contribution in [0.5, 0.6) is 0 Å². The van der Waals surface area contributed by atoms with Crippen molar-refractivity contribution in [3.63, 3.8) is 0 Å². The minimum Gasteiger partial charge on any atom is -0.462 e. The zero-order valence-electron chi connectivity index (χ0n) is 33.3. The van der Waals surface area contributed by atoms with E-state index in [1.54, 1.807) is 0 Å². The number of unbranched alkanes of at least 4 members (excludes halogenated alkanes) is 21. The second-order valence-electron chi connectivity index (χ2n) is 15.3. The van der Waals surface area contributed by atoms with Crippen LogP contribution in [0.15, 0.2) is 0 Å². The molecule has 0 fully saturated rings. The van der Waals surface area contributed by atoms with Gasteiger partial charge in [0.05, 0.1) is 0 Å². The second-order valence-corrected chi connectivity index (χ2v) is 15.3. The summed E-state index contributed by atoms with van der Waals surface area (Å²) in [5.41, 5.74) is 0. The van der Waals surface area contributed by atoms with Gasteiger partial charge in [0.1, 0.15) is 13.2 Å². The fraction of sp³-hybridized carbons (Fsp3) is 0.930. The molecule has 0 spiro atoms. The van der Waals surface area contributed by atoms with Crippen molar-refractivity contribution in [3.8, 4) is 0 Å². The highest BCUT2D eigenvalue weighted by atomic mass is 16.6. The van der Waals surface area contributed by atoms with Gasteiger partial charge in [0.2, 0.25) is 0 Å². The highest BCUT2D eigenvalue weighted by molar-refractivity contribution is 5.71. The molecular weight excluding hydrogens is 612 g/mol. The number of esters is 3. The van der Waals surface area contributed by atoms with Crippen LogP contribution in [0.2, 0.25) is 0 Å². The third-order valence-electron chi connectivity index (χ3n) is 9.83. The Kier molecular flexibility index (Phi) is 35.0. The summed E-state index contributed by atoms with van der Waals surface area (Å²) < 4.78 is 16.6. The largest absolute Gasteiger partial charge is 0.462 e. The molecule has 6 nitrogen and oxygen atoms in total. The van der Waals surface area contributed by atoms with Crippen molar-refractivity contribution in [2.24, 2.45) is 11.8 Å². The van der Waals surface area contributed by atoms with Gasteiger partial charge in [-0.2, -0.15) is 0 Å². The first-order chi connectivity index (χ1) is 23.8. The molecule has 0 N–H and O–H groups in total. The second kappa shape index (κ2) is 36.2. The minimum atomic E-state index is -0.760. The van der Waals surface area contributed by atoms with E-state index in [1.165, 1.54) is 116 Å². The molecule has 1 unspecified atom stereocenters. The van der Waals surface area contributed by atoms with Gasteiger partial charge in [0, 0.05) is 19.3 Å². The number of hydrogen-bond donors (Lipinski definition) is 0. The molecule has 0 aromatic rings. The monoisotopic (exact) mass is 695 g/mol. The first kappa shape index (κ1) is 47.4. The number of ether oxygens (including phenoxy) is 3. The summed E-state index contributed by atoms with van der Waals surface area (Å²) in [6.07, 6.45) is 32.4. The zero-order chi connectivity index (χ0) is 36.2. The third-order valence-corrected chi connectivity index (χ3v) is 9.83. The summed E-state index contributed by atoms with van der Waals surface area (Å²) in [6.45, 7) is 11.2. The van der Waals surface area contributed by atoms with Crippen molar-refractivity contribution in [1.29, 1.82) is 0 Å². The molecule has 0 amide bonds. The van der Waals surface area contributed by atoms with Gasteiger partial charge in [-0.05, 0) is 31.1 Å². The summed E-state index contributed by atoms with van der Waals surface area (Å²) in [4.78, 5) is 37.5. The number of rotatable bonds is 37. The Labute approximate surface area is 304 Å². The van der Waals surface area contributed by atoms with Crippen LogP contribution in [0.3, 0.4) is 0 Å². The van der Waals surface area contributed by atoms with Crippen molar-refractivity contribution in [2.45, 2.75) is 233 Å². The van der Waals surface area contributed by atoms with Gasteiger partial charge in [-0.15, -0.1) is 0 Å². The molecule has 0 aromatic heterocycles. The summed E-state index contributed by atoms with van der Waals surface area (Å²) >= 11 is 0. The molecule has 0 bridgehead atoms. The summed E-state index contributed by atoms with van der Waals surface area (Å²) in [5.74, 6) is 0.709. The molecule has 6 heteroatoms. The van der Waals surface area contributed by atoms with Gasteiger partial charge in [-0.3, -0.25) is 14.4 Å². The topological polar surface area (TPSA) is 78.9 Å². The molecule has 0 saturated heterocycles. The predicted octanol–water partition coefficient (Wildman–Crippen LogP) is 13.0. The maximum atomic E-state index is 12.7. The van der Waals surface area contributed by atoms with Crippen LogP contribution in [0, 0.1) is 11.8 Å². The average molecular weight is 695 g/mol. The van der Waals surface area contributed by atoms with Crippen LogP contribution in [0.4, 0.5) is 0 Å². The van der Waals surface area contributed by atoms with Crippen molar-refractivity contribution in [2.75, 3.05) is 13.2 Å². The Morgan fingerprint density at radius 3 is 1.16 bits per heavy atom. The lowest BCUT2D eigenvalue weighted by molar-refractivity contribution is -0.167. The van der Waals surface area contributed by atoms with Crippen LogP contribution in [-0.4, -0.2) is 37.2 Å². The molecule has 0 aliphatic carbocycles. The van der Waals surface area contributed by atoms with E-state index in [0.29, 0.717) is 19.3 Å². The summed E-state index contributed by atoms with van der Waals surface area (Å²) in [5, 5.41) is 0. The van der Waals surface area contributed by atoms with Gasteiger partial charge in [-0.1, -0.05) is 189 Å². The zero-order valence-corrected chi connectivity index (χ0v) is 33.3. The van der Waals surface area contributed by atoms with Gasteiger partial charge in [-0.25, -0.2) is 0 Å². The molecule has 0 radical (unpaired) electrons. The molecular formula is C43H82O6. The van der Waals surface area contributed by atoms with Crippen LogP contribution < -0.4 is 0 Å². The maximum absolute atomic E-state index is 12.7. The minimum absolute atomic E-state index is 0.0672. The molecule has 0 aromatic carbocycles. The van der Waals surface area contributed by atoms with Crippen LogP contribution in [0.25, 0.3) is 0 Å². The average Bonchev–Trinajstić information content (AvgIpc) is 3.08. The van der Waals surface area contributed by atoms with E-state index < -0.39 is 6.10 Å². The number of carbonyl (C=O) groups excluding carboxylic acids is 3. The normalized spacial score (nSPS) is 12.6. The lowest BCUT2D eigenvalue weighted by Crippen LogP contribution is -2.30. The molecule has 0 aliphatic heterocycles. The smallest absolute Gasteiger partial charge is 0.306 e. The van der Waals surface area contributed by atoms with E-state index in [1.807, 2.05) is 0 Å². The molecule has 49 heavy (non-hydrogen) atoms. The van der Waals surface area contributed by atoms with E-state index in [-0.39, 0.29) is 31.1 Å². The Balaban J connectivity index is 4.36. The van der Waals surface area contributed by atoms with Crippen molar-refractivity contribution < 1.29 is 28.6 Å². The highest BCUT2D eigenvalue weighted by Gasteiger charge is 2.19. The summed E-state index contributed by atoms with van der Waals surface area (Å²) in [6, 6.07) is 0. The SMILES string of the molecule is CCCCCCCCCCCCCCC(=O)O[C@H](COC(=O)CCCCCCCCC(C)C)COC(=O)CCCCCCCCC(C)CC. The van der Waals surface area contributed by atoms with Gasteiger partial charge >= 0.3 is 17.9 Å². The van der Waals surface area contributed by atoms with Crippen LogP contribution in [0.1, 0.15) is 227 Å². The fourth-order valence-electron chi connectivity index (χ4n) is 6.19. The molecule has 2 atom stereocenters. The Morgan fingerprint density at radius 1 is 0.429 bits per heavy atom. The third kappa shape index (κ3) is 36.0. The van der Waals surface area contributed by atoms with Crippen molar-refractivity contribution >= 4 is 17.9 Å². The maximum Gasteiger partial charge on any atom is 0.306 e. The van der Waals surface area contributed by atoms with Gasteiger partial charge in [0.15, 0.2) is 6.10 Å². The lowest BCUT2D eigenvalue weighted by Gasteiger charge is -2.18. The molecule has 0 aliphatic rings. The molecule has 0 rings (SSSR count). The van der Waals surface area contributed by atoms with E-state index in [2.05, 4.69) is 34.6 Å². The van der Waals surface area contributed by atoms with Crippen molar-refractivity contribution in [1.82, 2.24) is 0 Å². The first-order valence-corrected chi connectivity index (χ1v) is 21.3. The Bertz CT molecular complexity index is 751.